The fraction of sp³-hybridized carbons (Fsp3) is 0.467. The van der Waals surface area contributed by atoms with Crippen LogP contribution < -0.4 is 5.32 Å². The molecule has 2 atom stereocenters. The van der Waals surface area contributed by atoms with Crippen molar-refractivity contribution in [3.8, 4) is 0 Å². The van der Waals surface area contributed by atoms with Crippen LogP contribution in [0.25, 0.3) is 0 Å². The van der Waals surface area contributed by atoms with Crippen LogP contribution in [0.2, 0.25) is 0 Å². The van der Waals surface area contributed by atoms with Crippen molar-refractivity contribution in [2.45, 2.75) is 45.2 Å². The standard InChI is InChI=1S/C15H18FN3S/c1-9(11-6-12(16)8-17-7-11)18-13-4-3-5-14-15(13)20-10(2)19-14/h6-9,13,18H,3-5H2,1-2H3/t9-,13+/m1/s1. The van der Waals surface area contributed by atoms with Gasteiger partial charge in [-0.15, -0.1) is 11.3 Å². The fourth-order valence-electron chi connectivity index (χ4n) is 2.76. The molecular formula is C15H18FN3S. The maximum absolute atomic E-state index is 13.3. The Kier molecular flexibility index (Phi) is 3.81. The molecule has 2 aromatic heterocycles. The molecule has 1 aliphatic rings. The summed E-state index contributed by atoms with van der Waals surface area (Å²) in [6.07, 6.45) is 6.31. The van der Waals surface area contributed by atoms with E-state index >= 15 is 0 Å². The van der Waals surface area contributed by atoms with Crippen LogP contribution in [0.15, 0.2) is 18.5 Å². The SMILES string of the molecule is Cc1nc2c(s1)[C@@H](N[C@H](C)c1cncc(F)c1)CCC2. The Bertz CT molecular complexity index is 611. The highest BCUT2D eigenvalue weighted by molar-refractivity contribution is 7.11. The zero-order chi connectivity index (χ0) is 14.1. The lowest BCUT2D eigenvalue weighted by atomic mass is 9.96. The van der Waals surface area contributed by atoms with Crippen molar-refractivity contribution in [2.75, 3.05) is 0 Å². The Balaban J connectivity index is 1.78. The third kappa shape index (κ3) is 2.74. The Morgan fingerprint density at radius 1 is 1.45 bits per heavy atom. The predicted molar refractivity (Wildman–Crippen MR) is 78.3 cm³/mol. The van der Waals surface area contributed by atoms with E-state index in [4.69, 9.17) is 0 Å². The minimum absolute atomic E-state index is 0.0801. The second kappa shape index (κ2) is 5.58. The number of fused-ring (bicyclic) bond motifs is 1. The van der Waals surface area contributed by atoms with Gasteiger partial charge in [0.2, 0.25) is 0 Å². The zero-order valence-electron chi connectivity index (χ0n) is 11.7. The van der Waals surface area contributed by atoms with Crippen molar-refractivity contribution < 1.29 is 4.39 Å². The Morgan fingerprint density at radius 2 is 2.30 bits per heavy atom. The average molecular weight is 291 g/mol. The van der Waals surface area contributed by atoms with Crippen LogP contribution in [0.4, 0.5) is 4.39 Å². The molecule has 0 radical (unpaired) electrons. The summed E-state index contributed by atoms with van der Waals surface area (Å²) >= 11 is 1.78. The van der Waals surface area contributed by atoms with E-state index in [9.17, 15) is 4.39 Å². The van der Waals surface area contributed by atoms with E-state index in [1.54, 1.807) is 23.6 Å². The van der Waals surface area contributed by atoms with Crippen LogP contribution in [-0.2, 0) is 6.42 Å². The summed E-state index contributed by atoms with van der Waals surface area (Å²) in [5, 5.41) is 4.72. The van der Waals surface area contributed by atoms with Gasteiger partial charge in [-0.3, -0.25) is 4.98 Å². The number of nitrogens with zero attached hydrogens (tertiary/aromatic N) is 2. The molecule has 0 unspecified atom stereocenters. The van der Waals surface area contributed by atoms with Gasteiger partial charge in [-0.2, -0.15) is 0 Å². The largest absolute Gasteiger partial charge is 0.302 e. The molecule has 3 nitrogen and oxygen atoms in total. The fourth-order valence-corrected chi connectivity index (χ4v) is 3.83. The van der Waals surface area contributed by atoms with Gasteiger partial charge in [0.05, 0.1) is 16.9 Å². The molecule has 1 aliphatic carbocycles. The Morgan fingerprint density at radius 3 is 3.10 bits per heavy atom. The molecule has 0 bridgehead atoms. The third-order valence-electron chi connectivity index (χ3n) is 3.73. The third-order valence-corrected chi connectivity index (χ3v) is 4.86. The number of rotatable bonds is 3. The van der Waals surface area contributed by atoms with Gasteiger partial charge < -0.3 is 5.32 Å². The molecule has 0 aliphatic heterocycles. The van der Waals surface area contributed by atoms with E-state index in [2.05, 4.69) is 29.1 Å². The van der Waals surface area contributed by atoms with Crippen molar-refractivity contribution in [3.63, 3.8) is 0 Å². The summed E-state index contributed by atoms with van der Waals surface area (Å²) in [6.45, 7) is 4.11. The topological polar surface area (TPSA) is 37.8 Å². The molecule has 3 rings (SSSR count). The number of hydrogen-bond acceptors (Lipinski definition) is 4. The average Bonchev–Trinajstić information content (AvgIpc) is 2.80. The van der Waals surface area contributed by atoms with Gasteiger partial charge in [0.1, 0.15) is 5.82 Å². The van der Waals surface area contributed by atoms with Gasteiger partial charge in [-0.25, -0.2) is 9.37 Å². The predicted octanol–water partition coefficient (Wildman–Crippen LogP) is 3.71. The molecule has 0 spiro atoms. The van der Waals surface area contributed by atoms with Crippen LogP contribution in [0.3, 0.4) is 0 Å². The summed E-state index contributed by atoms with van der Waals surface area (Å²) in [4.78, 5) is 9.88. The van der Waals surface area contributed by atoms with E-state index < -0.39 is 0 Å². The zero-order valence-corrected chi connectivity index (χ0v) is 12.5. The molecule has 2 heterocycles. The summed E-state index contributed by atoms with van der Waals surface area (Å²) in [7, 11) is 0. The molecule has 0 saturated carbocycles. The lowest BCUT2D eigenvalue weighted by Gasteiger charge is -2.26. The minimum Gasteiger partial charge on any atom is -0.302 e. The minimum atomic E-state index is -0.283. The maximum Gasteiger partial charge on any atom is 0.141 e. The summed E-state index contributed by atoms with van der Waals surface area (Å²) < 4.78 is 13.3. The molecule has 106 valence electrons. The van der Waals surface area contributed by atoms with Gasteiger partial charge >= 0.3 is 0 Å². The first-order valence-electron chi connectivity index (χ1n) is 6.96. The van der Waals surface area contributed by atoms with Gasteiger partial charge in [0.25, 0.3) is 0 Å². The number of thiazole rings is 1. The molecule has 0 saturated heterocycles. The molecule has 5 heteroatoms. The van der Waals surface area contributed by atoms with Crippen molar-refractivity contribution in [3.05, 3.63) is 45.4 Å². The van der Waals surface area contributed by atoms with Crippen LogP contribution >= 0.6 is 11.3 Å². The number of hydrogen-bond donors (Lipinski definition) is 1. The molecule has 0 aromatic carbocycles. The van der Waals surface area contributed by atoms with Crippen LogP contribution in [-0.4, -0.2) is 9.97 Å². The second-order valence-electron chi connectivity index (χ2n) is 5.31. The highest BCUT2D eigenvalue weighted by atomic mass is 32.1. The van der Waals surface area contributed by atoms with E-state index in [0.717, 1.165) is 29.8 Å². The van der Waals surface area contributed by atoms with Crippen molar-refractivity contribution >= 4 is 11.3 Å². The smallest absolute Gasteiger partial charge is 0.141 e. The summed E-state index contributed by atoms with van der Waals surface area (Å²) in [6, 6.07) is 1.95. The lowest BCUT2D eigenvalue weighted by molar-refractivity contribution is 0.417. The Hall–Kier alpha value is -1.33. The number of aryl methyl sites for hydroxylation is 2. The first-order chi connectivity index (χ1) is 9.63. The number of aromatic nitrogens is 2. The van der Waals surface area contributed by atoms with E-state index in [-0.39, 0.29) is 11.9 Å². The number of halogens is 1. The van der Waals surface area contributed by atoms with Gasteiger partial charge in [0, 0.05) is 23.2 Å². The highest BCUT2D eigenvalue weighted by Gasteiger charge is 2.25. The van der Waals surface area contributed by atoms with Crippen LogP contribution in [0, 0.1) is 12.7 Å². The summed E-state index contributed by atoms with van der Waals surface area (Å²) in [5.74, 6) is -0.283. The van der Waals surface area contributed by atoms with Crippen molar-refractivity contribution in [1.82, 2.24) is 15.3 Å². The first-order valence-corrected chi connectivity index (χ1v) is 7.78. The molecule has 0 amide bonds. The van der Waals surface area contributed by atoms with Crippen LogP contribution in [0.5, 0.6) is 0 Å². The van der Waals surface area contributed by atoms with Crippen molar-refractivity contribution in [1.29, 1.82) is 0 Å². The quantitative estimate of drug-likeness (QED) is 0.936. The van der Waals surface area contributed by atoms with Crippen molar-refractivity contribution in [2.24, 2.45) is 0 Å². The van der Waals surface area contributed by atoms with E-state index in [1.165, 1.54) is 16.8 Å². The van der Waals surface area contributed by atoms with E-state index in [0.29, 0.717) is 6.04 Å². The second-order valence-corrected chi connectivity index (χ2v) is 6.55. The Labute approximate surface area is 122 Å². The molecule has 2 aromatic rings. The first kappa shape index (κ1) is 13.6. The lowest BCUT2D eigenvalue weighted by Crippen LogP contribution is -2.27. The normalized spacial score (nSPS) is 19.6. The van der Waals surface area contributed by atoms with Gasteiger partial charge in [0.15, 0.2) is 0 Å². The summed E-state index contributed by atoms with van der Waals surface area (Å²) in [5.41, 5.74) is 2.12. The molecule has 1 N–H and O–H groups in total. The monoisotopic (exact) mass is 291 g/mol. The van der Waals surface area contributed by atoms with E-state index in [1.807, 2.05) is 0 Å². The van der Waals surface area contributed by atoms with Gasteiger partial charge in [-0.05, 0) is 44.7 Å². The number of nitrogens with one attached hydrogen (secondary N) is 1. The highest BCUT2D eigenvalue weighted by Crippen LogP contribution is 2.35. The van der Waals surface area contributed by atoms with Gasteiger partial charge in [-0.1, -0.05) is 0 Å². The molecule has 0 fully saturated rings. The maximum atomic E-state index is 13.3. The molecule has 20 heavy (non-hydrogen) atoms. The molecular weight excluding hydrogens is 273 g/mol. The number of pyridine rings is 1. The van der Waals surface area contributed by atoms with Crippen LogP contribution in [0.1, 0.15) is 53.0 Å².